The number of rotatable bonds is 0. The highest BCUT2D eigenvalue weighted by Gasteiger charge is 2.20. The summed E-state index contributed by atoms with van der Waals surface area (Å²) in [4.78, 5) is 0. The van der Waals surface area contributed by atoms with Crippen LogP contribution in [0.2, 0.25) is 0 Å². The van der Waals surface area contributed by atoms with Crippen molar-refractivity contribution in [3.63, 3.8) is 0 Å². The van der Waals surface area contributed by atoms with E-state index >= 15 is 0 Å². The average Bonchev–Trinajstić information content (AvgIpc) is 2.27. The molecule has 14 heavy (non-hydrogen) atoms. The molecule has 2 rings (SSSR count). The Hall–Kier alpha value is -0.530. The molecule has 0 atom stereocenters. The number of hydrogen-bond acceptors (Lipinski definition) is 1. The van der Waals surface area contributed by atoms with Gasteiger partial charge in [-0.05, 0) is 37.8 Å². The topological polar surface area (TPSA) is 12.0 Å². The van der Waals surface area contributed by atoms with Crippen molar-refractivity contribution in [1.29, 1.82) is 0 Å². The van der Waals surface area contributed by atoms with E-state index in [0.717, 1.165) is 6.54 Å². The van der Waals surface area contributed by atoms with Gasteiger partial charge in [0, 0.05) is 12.1 Å². The number of hydrogen-bond donors (Lipinski definition) is 1. The maximum Gasteiger partial charge on any atom is 0.0213 e. The maximum atomic E-state index is 3.58. The Balaban J connectivity index is 0.000000980. The van der Waals surface area contributed by atoms with Crippen molar-refractivity contribution in [2.75, 3.05) is 0 Å². The van der Waals surface area contributed by atoms with Crippen LogP contribution in [0.1, 0.15) is 31.4 Å². The summed E-state index contributed by atoms with van der Waals surface area (Å²) < 4.78 is 0. The van der Waals surface area contributed by atoms with Crippen molar-refractivity contribution >= 4 is 12.4 Å². The molecular formula is C12H18ClN. The standard InChI is InChI=1S/C12H17N.ClH/c1-12(2)8-7-10-5-3-4-6-11(10)9-13-12;/h3-6,13H,7-9H2,1-2H3;1H. The summed E-state index contributed by atoms with van der Waals surface area (Å²) in [6.45, 7) is 5.57. The molecule has 0 saturated heterocycles. The van der Waals surface area contributed by atoms with Gasteiger partial charge in [0.25, 0.3) is 0 Å². The maximum absolute atomic E-state index is 3.58. The lowest BCUT2D eigenvalue weighted by molar-refractivity contribution is 0.372. The fourth-order valence-electron chi connectivity index (χ4n) is 1.84. The minimum atomic E-state index is 0. The Bertz CT molecular complexity index is 278. The first-order valence-electron chi connectivity index (χ1n) is 4.99. The molecular weight excluding hydrogens is 194 g/mol. The van der Waals surface area contributed by atoms with E-state index in [2.05, 4.69) is 43.4 Å². The highest BCUT2D eigenvalue weighted by Crippen LogP contribution is 2.21. The van der Waals surface area contributed by atoms with E-state index in [1.165, 1.54) is 24.0 Å². The summed E-state index contributed by atoms with van der Waals surface area (Å²) in [6, 6.07) is 8.73. The quantitative estimate of drug-likeness (QED) is 0.696. The monoisotopic (exact) mass is 211 g/mol. The molecule has 0 aliphatic carbocycles. The van der Waals surface area contributed by atoms with Crippen LogP contribution in [-0.4, -0.2) is 5.54 Å². The van der Waals surface area contributed by atoms with E-state index in [9.17, 15) is 0 Å². The van der Waals surface area contributed by atoms with Crippen LogP contribution in [-0.2, 0) is 13.0 Å². The lowest BCUT2D eigenvalue weighted by Gasteiger charge is -2.23. The molecule has 1 nitrogen and oxygen atoms in total. The Morgan fingerprint density at radius 3 is 2.50 bits per heavy atom. The van der Waals surface area contributed by atoms with E-state index in [1.54, 1.807) is 0 Å². The van der Waals surface area contributed by atoms with Crippen LogP contribution in [0.5, 0.6) is 0 Å². The zero-order valence-corrected chi connectivity index (χ0v) is 9.66. The predicted octanol–water partition coefficient (Wildman–Crippen LogP) is 2.92. The van der Waals surface area contributed by atoms with E-state index in [4.69, 9.17) is 0 Å². The average molecular weight is 212 g/mol. The molecule has 1 aromatic rings. The van der Waals surface area contributed by atoms with Crippen LogP contribution in [0.15, 0.2) is 24.3 Å². The van der Waals surface area contributed by atoms with E-state index < -0.39 is 0 Å². The van der Waals surface area contributed by atoms with Gasteiger partial charge in [0.15, 0.2) is 0 Å². The predicted molar refractivity (Wildman–Crippen MR) is 62.9 cm³/mol. The van der Waals surface area contributed by atoms with Gasteiger partial charge < -0.3 is 5.32 Å². The molecule has 1 N–H and O–H groups in total. The summed E-state index contributed by atoms with van der Waals surface area (Å²) in [5.41, 5.74) is 3.27. The second-order valence-electron chi connectivity index (χ2n) is 4.51. The molecule has 0 bridgehead atoms. The zero-order chi connectivity index (χ0) is 9.31. The third-order valence-electron chi connectivity index (χ3n) is 2.90. The van der Waals surface area contributed by atoms with Crippen molar-refractivity contribution in [2.24, 2.45) is 0 Å². The van der Waals surface area contributed by atoms with E-state index in [1.807, 2.05) is 0 Å². The van der Waals surface area contributed by atoms with Crippen molar-refractivity contribution in [1.82, 2.24) is 5.32 Å². The Kier molecular flexibility index (Phi) is 3.57. The molecule has 0 saturated carbocycles. The summed E-state index contributed by atoms with van der Waals surface area (Å²) in [5, 5.41) is 3.58. The molecule has 0 radical (unpaired) electrons. The van der Waals surface area contributed by atoms with Gasteiger partial charge in [-0.15, -0.1) is 12.4 Å². The van der Waals surface area contributed by atoms with Crippen molar-refractivity contribution in [3.05, 3.63) is 35.4 Å². The molecule has 1 aromatic carbocycles. The Morgan fingerprint density at radius 2 is 1.79 bits per heavy atom. The van der Waals surface area contributed by atoms with Crippen molar-refractivity contribution in [2.45, 2.75) is 38.8 Å². The first-order chi connectivity index (χ1) is 6.17. The van der Waals surface area contributed by atoms with E-state index in [-0.39, 0.29) is 12.4 Å². The minimum Gasteiger partial charge on any atom is -0.308 e. The first-order valence-corrected chi connectivity index (χ1v) is 4.99. The van der Waals surface area contributed by atoms with Crippen LogP contribution in [0.3, 0.4) is 0 Å². The third kappa shape index (κ3) is 2.49. The lowest BCUT2D eigenvalue weighted by atomic mass is 9.97. The molecule has 78 valence electrons. The molecule has 1 aliphatic rings. The summed E-state index contributed by atoms with van der Waals surface area (Å²) >= 11 is 0. The molecule has 0 unspecified atom stereocenters. The van der Waals surface area contributed by atoms with E-state index in [0.29, 0.717) is 5.54 Å². The number of fused-ring (bicyclic) bond motifs is 1. The molecule has 0 aromatic heterocycles. The normalized spacial score (nSPS) is 19.0. The molecule has 0 amide bonds. The van der Waals surface area contributed by atoms with Crippen LogP contribution < -0.4 is 5.32 Å². The second-order valence-corrected chi connectivity index (χ2v) is 4.51. The van der Waals surface area contributed by atoms with Crippen molar-refractivity contribution < 1.29 is 0 Å². The highest BCUT2D eigenvalue weighted by molar-refractivity contribution is 5.85. The highest BCUT2D eigenvalue weighted by atomic mass is 35.5. The summed E-state index contributed by atoms with van der Waals surface area (Å²) in [7, 11) is 0. The number of aryl methyl sites for hydroxylation is 1. The minimum absolute atomic E-state index is 0. The van der Waals surface area contributed by atoms with Gasteiger partial charge in [-0.1, -0.05) is 24.3 Å². The molecule has 1 heterocycles. The molecule has 0 spiro atoms. The fraction of sp³-hybridized carbons (Fsp3) is 0.500. The smallest absolute Gasteiger partial charge is 0.0213 e. The zero-order valence-electron chi connectivity index (χ0n) is 8.84. The number of halogens is 1. The molecule has 1 aliphatic heterocycles. The number of nitrogens with one attached hydrogen (secondary N) is 1. The summed E-state index contributed by atoms with van der Waals surface area (Å²) in [5.74, 6) is 0. The second kappa shape index (κ2) is 4.33. The van der Waals surface area contributed by atoms with Gasteiger partial charge in [-0.3, -0.25) is 0 Å². The van der Waals surface area contributed by atoms with Crippen molar-refractivity contribution in [3.8, 4) is 0 Å². The molecule has 2 heteroatoms. The van der Waals surface area contributed by atoms with Gasteiger partial charge in [-0.2, -0.15) is 0 Å². The number of benzene rings is 1. The van der Waals surface area contributed by atoms with Gasteiger partial charge in [0.1, 0.15) is 0 Å². The van der Waals surface area contributed by atoms with Gasteiger partial charge in [-0.25, -0.2) is 0 Å². The largest absolute Gasteiger partial charge is 0.308 e. The van der Waals surface area contributed by atoms with Gasteiger partial charge in [0.2, 0.25) is 0 Å². The van der Waals surface area contributed by atoms with Crippen LogP contribution >= 0.6 is 12.4 Å². The van der Waals surface area contributed by atoms with Gasteiger partial charge in [0.05, 0.1) is 0 Å². The first kappa shape index (κ1) is 11.5. The van der Waals surface area contributed by atoms with Crippen LogP contribution in [0, 0.1) is 0 Å². The SMILES string of the molecule is CC1(C)CCc2ccccc2CN1.Cl. The lowest BCUT2D eigenvalue weighted by Crippen LogP contribution is -2.37. The van der Waals surface area contributed by atoms with Crippen LogP contribution in [0.4, 0.5) is 0 Å². The van der Waals surface area contributed by atoms with Crippen LogP contribution in [0.25, 0.3) is 0 Å². The fourth-order valence-corrected chi connectivity index (χ4v) is 1.84. The third-order valence-corrected chi connectivity index (χ3v) is 2.90. The molecule has 0 fully saturated rings. The Labute approximate surface area is 92.3 Å². The summed E-state index contributed by atoms with van der Waals surface area (Å²) in [6.07, 6.45) is 2.43. The van der Waals surface area contributed by atoms with Gasteiger partial charge >= 0.3 is 0 Å². The Morgan fingerprint density at radius 1 is 1.14 bits per heavy atom.